The second-order valence-corrected chi connectivity index (χ2v) is 8.29. The molecule has 0 saturated heterocycles. The summed E-state index contributed by atoms with van der Waals surface area (Å²) < 4.78 is 40.7. The largest absolute Gasteiger partial charge is 0.416 e. The molecule has 0 aliphatic carbocycles. The van der Waals surface area contributed by atoms with E-state index in [1.54, 1.807) is 7.05 Å². The summed E-state index contributed by atoms with van der Waals surface area (Å²) in [7, 11) is 1.62. The third kappa shape index (κ3) is 6.49. The van der Waals surface area contributed by atoms with Gasteiger partial charge in [-0.25, -0.2) is 4.31 Å². The second-order valence-electron chi connectivity index (χ2n) is 5.64. The molecule has 0 fully saturated rings. The average molecular weight is 380 g/mol. The number of hydrogen-bond acceptors (Lipinski definition) is 5. The van der Waals surface area contributed by atoms with Crippen molar-refractivity contribution in [2.75, 3.05) is 18.9 Å². The number of benzene rings is 1. The Morgan fingerprint density at radius 1 is 1.33 bits per heavy atom. The lowest BCUT2D eigenvalue weighted by atomic mass is 10.2. The monoisotopic (exact) mass is 379 g/mol. The Bertz CT molecular complexity index is 562. The Labute approximate surface area is 150 Å². The lowest BCUT2D eigenvalue weighted by Gasteiger charge is -2.28. The number of thioether (sulfide) groups is 1. The van der Waals surface area contributed by atoms with Crippen molar-refractivity contribution < 1.29 is 13.2 Å². The zero-order chi connectivity index (χ0) is 18.5. The molecule has 0 aromatic heterocycles. The molecule has 1 atom stereocenters. The van der Waals surface area contributed by atoms with E-state index in [2.05, 4.69) is 16.2 Å². The molecule has 0 heterocycles. The SMILES string of the molecule is C=C(N)SC(C)CN(Sc1ccc(C(F)(F)F)cc1NC)C(C)C. The zero-order valence-corrected chi connectivity index (χ0v) is 15.9. The van der Waals surface area contributed by atoms with Crippen LogP contribution in [0.25, 0.3) is 0 Å². The lowest BCUT2D eigenvalue weighted by molar-refractivity contribution is -0.137. The number of alkyl halides is 3. The third-order valence-electron chi connectivity index (χ3n) is 3.16. The zero-order valence-electron chi connectivity index (χ0n) is 14.3. The summed E-state index contributed by atoms with van der Waals surface area (Å²) >= 11 is 2.93. The van der Waals surface area contributed by atoms with Gasteiger partial charge in [0.05, 0.1) is 10.6 Å². The Morgan fingerprint density at radius 2 is 1.96 bits per heavy atom. The van der Waals surface area contributed by atoms with Crippen LogP contribution in [0.4, 0.5) is 18.9 Å². The predicted octanol–water partition coefficient (Wildman–Crippen LogP) is 5.02. The van der Waals surface area contributed by atoms with Crippen LogP contribution in [0.3, 0.4) is 0 Å². The maximum absolute atomic E-state index is 12.9. The van der Waals surface area contributed by atoms with Crippen LogP contribution in [0, 0.1) is 0 Å². The standard InChI is InChI=1S/C16H24F3N3S2/c1-10(2)22(9-11(3)23-12(4)20)24-15-7-6-13(16(17,18)19)8-14(15)21-5/h6-8,10-11,21H,4,9,20H2,1-3,5H3. The summed E-state index contributed by atoms with van der Waals surface area (Å²) in [6, 6.07) is 3.98. The molecule has 0 aliphatic rings. The van der Waals surface area contributed by atoms with Crippen LogP contribution in [-0.4, -0.2) is 29.2 Å². The molecule has 1 aromatic rings. The molecule has 8 heteroatoms. The first kappa shape index (κ1) is 21.1. The van der Waals surface area contributed by atoms with Crippen molar-refractivity contribution in [3.8, 4) is 0 Å². The Balaban J connectivity index is 2.96. The molecule has 0 amide bonds. The topological polar surface area (TPSA) is 41.3 Å². The molecule has 3 nitrogen and oxygen atoms in total. The van der Waals surface area contributed by atoms with Crippen molar-refractivity contribution in [3.63, 3.8) is 0 Å². The molecule has 0 bridgehead atoms. The van der Waals surface area contributed by atoms with E-state index in [-0.39, 0.29) is 11.3 Å². The fraction of sp³-hybridized carbons (Fsp3) is 0.500. The van der Waals surface area contributed by atoms with Crippen molar-refractivity contribution in [2.45, 2.75) is 43.1 Å². The van der Waals surface area contributed by atoms with Gasteiger partial charge in [0.25, 0.3) is 0 Å². The first-order valence-corrected chi connectivity index (χ1v) is 9.14. The van der Waals surface area contributed by atoms with E-state index in [1.165, 1.54) is 29.8 Å². The second kappa shape index (κ2) is 8.92. The summed E-state index contributed by atoms with van der Waals surface area (Å²) in [4.78, 5) is 0.753. The van der Waals surface area contributed by atoms with Gasteiger partial charge in [-0.1, -0.05) is 13.5 Å². The molecule has 0 spiro atoms. The van der Waals surface area contributed by atoms with Crippen LogP contribution in [0.1, 0.15) is 26.3 Å². The van der Waals surface area contributed by atoms with Crippen LogP contribution in [-0.2, 0) is 6.18 Å². The minimum absolute atomic E-state index is 0.219. The fourth-order valence-electron chi connectivity index (χ4n) is 2.01. The number of nitrogens with two attached hydrogens (primary N) is 1. The van der Waals surface area contributed by atoms with Crippen molar-refractivity contribution in [1.82, 2.24) is 4.31 Å². The van der Waals surface area contributed by atoms with Gasteiger partial charge in [0.1, 0.15) is 0 Å². The number of nitrogens with zero attached hydrogens (tertiary/aromatic N) is 1. The van der Waals surface area contributed by atoms with Crippen LogP contribution in [0.15, 0.2) is 34.7 Å². The molecule has 1 rings (SSSR count). The van der Waals surface area contributed by atoms with E-state index in [4.69, 9.17) is 5.73 Å². The van der Waals surface area contributed by atoms with Gasteiger partial charge in [-0.15, -0.1) is 11.8 Å². The van der Waals surface area contributed by atoms with E-state index in [0.717, 1.165) is 23.6 Å². The molecule has 0 saturated carbocycles. The minimum Gasteiger partial charge on any atom is -0.394 e. The first-order valence-electron chi connectivity index (χ1n) is 7.49. The minimum atomic E-state index is -4.35. The highest BCUT2D eigenvalue weighted by Crippen LogP contribution is 2.37. The molecular weight excluding hydrogens is 355 g/mol. The summed E-state index contributed by atoms with van der Waals surface area (Å²) in [5, 5.41) is 3.63. The van der Waals surface area contributed by atoms with Crippen molar-refractivity contribution in [2.24, 2.45) is 5.73 Å². The average Bonchev–Trinajstić information content (AvgIpc) is 2.44. The number of nitrogens with one attached hydrogen (secondary N) is 1. The van der Waals surface area contributed by atoms with Gasteiger partial charge in [0.15, 0.2) is 0 Å². The summed E-state index contributed by atoms with van der Waals surface area (Å²) in [5.74, 6) is 0. The van der Waals surface area contributed by atoms with Crippen molar-refractivity contribution in [3.05, 3.63) is 35.4 Å². The number of rotatable bonds is 8. The van der Waals surface area contributed by atoms with E-state index in [0.29, 0.717) is 10.7 Å². The Hall–Kier alpha value is -0.990. The maximum Gasteiger partial charge on any atom is 0.416 e. The van der Waals surface area contributed by atoms with Gasteiger partial charge in [0, 0.05) is 35.5 Å². The summed E-state index contributed by atoms with van der Waals surface area (Å²) in [6.45, 7) is 10.6. The molecule has 1 unspecified atom stereocenters. The highest BCUT2D eigenvalue weighted by Gasteiger charge is 2.31. The molecule has 0 aliphatic heterocycles. The van der Waals surface area contributed by atoms with Gasteiger partial charge in [0.2, 0.25) is 0 Å². The molecule has 24 heavy (non-hydrogen) atoms. The van der Waals surface area contributed by atoms with Crippen LogP contribution < -0.4 is 11.1 Å². The van der Waals surface area contributed by atoms with Gasteiger partial charge >= 0.3 is 6.18 Å². The molecule has 0 radical (unpaired) electrons. The normalized spacial score (nSPS) is 13.4. The molecular formula is C16H24F3N3S2. The number of hydrogen-bond donors (Lipinski definition) is 2. The van der Waals surface area contributed by atoms with Crippen LogP contribution in [0.5, 0.6) is 0 Å². The van der Waals surface area contributed by atoms with E-state index < -0.39 is 11.7 Å². The van der Waals surface area contributed by atoms with Crippen molar-refractivity contribution in [1.29, 1.82) is 0 Å². The van der Waals surface area contributed by atoms with Gasteiger partial charge in [-0.3, -0.25) is 0 Å². The third-order valence-corrected chi connectivity index (χ3v) is 5.37. The highest BCUT2D eigenvalue weighted by atomic mass is 32.2. The molecule has 3 N–H and O–H groups in total. The fourth-order valence-corrected chi connectivity index (χ4v) is 4.01. The van der Waals surface area contributed by atoms with Crippen LogP contribution in [0.2, 0.25) is 0 Å². The van der Waals surface area contributed by atoms with E-state index in [1.807, 2.05) is 20.8 Å². The Kier molecular flexibility index (Phi) is 7.82. The molecule has 136 valence electrons. The van der Waals surface area contributed by atoms with E-state index >= 15 is 0 Å². The maximum atomic E-state index is 12.9. The van der Waals surface area contributed by atoms with Gasteiger partial charge in [-0.05, 0) is 44.0 Å². The smallest absolute Gasteiger partial charge is 0.394 e. The summed E-state index contributed by atoms with van der Waals surface area (Å²) in [6.07, 6.45) is -4.35. The highest BCUT2D eigenvalue weighted by molar-refractivity contribution is 8.03. The quantitative estimate of drug-likeness (QED) is 0.621. The predicted molar refractivity (Wildman–Crippen MR) is 99.1 cm³/mol. The molecule has 1 aromatic carbocycles. The lowest BCUT2D eigenvalue weighted by Crippen LogP contribution is -2.30. The van der Waals surface area contributed by atoms with Crippen molar-refractivity contribution >= 4 is 29.4 Å². The van der Waals surface area contributed by atoms with Gasteiger partial charge < -0.3 is 11.1 Å². The first-order chi connectivity index (χ1) is 11.0. The Morgan fingerprint density at radius 3 is 2.42 bits per heavy atom. The number of anilines is 1. The van der Waals surface area contributed by atoms with Gasteiger partial charge in [-0.2, -0.15) is 13.2 Å². The van der Waals surface area contributed by atoms with E-state index in [9.17, 15) is 13.2 Å². The number of halogens is 3. The van der Waals surface area contributed by atoms with Crippen LogP contribution >= 0.6 is 23.7 Å². The summed E-state index contributed by atoms with van der Waals surface area (Å²) in [5.41, 5.74) is 5.43.